The first-order valence-electron chi connectivity index (χ1n) is 5.15. The first-order valence-corrected chi connectivity index (χ1v) is 5.15. The molecule has 0 aliphatic rings. The Balaban J connectivity index is 2.70. The summed E-state index contributed by atoms with van der Waals surface area (Å²) in [5.74, 6) is 0.808. The van der Waals surface area contributed by atoms with Crippen molar-refractivity contribution in [3.8, 4) is 5.75 Å². The summed E-state index contributed by atoms with van der Waals surface area (Å²) in [5, 5.41) is 12.5. The zero-order chi connectivity index (χ0) is 12.0. The number of nitrogens with one attached hydrogen (secondary N) is 1. The van der Waals surface area contributed by atoms with Crippen molar-refractivity contribution in [1.82, 2.24) is 0 Å². The van der Waals surface area contributed by atoms with Crippen LogP contribution in [0.25, 0.3) is 0 Å². The Morgan fingerprint density at radius 2 is 1.88 bits per heavy atom. The third kappa shape index (κ3) is 3.40. The van der Waals surface area contributed by atoms with Crippen LogP contribution in [0.4, 0.5) is 5.69 Å². The second kappa shape index (κ2) is 5.72. The average Bonchev–Trinajstić information content (AvgIpc) is 2.30. The highest BCUT2D eigenvalue weighted by Crippen LogP contribution is 2.19. The van der Waals surface area contributed by atoms with Gasteiger partial charge >= 0.3 is 0 Å². The van der Waals surface area contributed by atoms with E-state index in [4.69, 9.17) is 9.47 Å². The van der Waals surface area contributed by atoms with E-state index in [0.29, 0.717) is 6.61 Å². The summed E-state index contributed by atoms with van der Waals surface area (Å²) in [5.41, 5.74) is 0.456. The second-order valence-corrected chi connectivity index (χ2v) is 4.01. The normalized spacial score (nSPS) is 14.2. The third-order valence-electron chi connectivity index (χ3n) is 2.35. The molecule has 0 spiro atoms. The number of ether oxygens (including phenoxy) is 2. The van der Waals surface area contributed by atoms with Gasteiger partial charge in [-0.15, -0.1) is 0 Å². The van der Waals surface area contributed by atoms with Gasteiger partial charge in [-0.1, -0.05) is 0 Å². The Labute approximate surface area is 96.2 Å². The predicted molar refractivity (Wildman–Crippen MR) is 64.0 cm³/mol. The van der Waals surface area contributed by atoms with Crippen LogP contribution in [-0.2, 0) is 4.74 Å². The number of aliphatic hydroxyl groups excluding tert-OH is 1. The van der Waals surface area contributed by atoms with Gasteiger partial charge in [-0.3, -0.25) is 0 Å². The van der Waals surface area contributed by atoms with E-state index in [1.807, 2.05) is 31.2 Å². The molecule has 0 saturated heterocycles. The zero-order valence-corrected chi connectivity index (χ0v) is 9.99. The van der Waals surface area contributed by atoms with Gasteiger partial charge in [0.25, 0.3) is 0 Å². The molecule has 0 fully saturated rings. The molecule has 0 aliphatic heterocycles. The van der Waals surface area contributed by atoms with Crippen LogP contribution in [0.3, 0.4) is 0 Å². The fraction of sp³-hybridized carbons (Fsp3) is 0.500. The fourth-order valence-corrected chi connectivity index (χ4v) is 1.46. The maximum Gasteiger partial charge on any atom is 0.119 e. The Bertz CT molecular complexity index is 313. The van der Waals surface area contributed by atoms with E-state index < -0.39 is 5.54 Å². The maximum atomic E-state index is 9.31. The van der Waals surface area contributed by atoms with E-state index in [1.165, 1.54) is 0 Å². The van der Waals surface area contributed by atoms with Crippen LogP contribution in [0.1, 0.15) is 6.92 Å². The Morgan fingerprint density at radius 1 is 1.25 bits per heavy atom. The molecule has 90 valence electrons. The number of hydrogen-bond donors (Lipinski definition) is 2. The maximum absolute atomic E-state index is 9.31. The summed E-state index contributed by atoms with van der Waals surface area (Å²) in [6.45, 7) is 2.35. The lowest BCUT2D eigenvalue weighted by Gasteiger charge is -2.29. The quantitative estimate of drug-likeness (QED) is 0.770. The molecule has 1 atom stereocenters. The molecule has 0 amide bonds. The summed E-state index contributed by atoms with van der Waals surface area (Å²) < 4.78 is 10.1. The lowest BCUT2D eigenvalue weighted by Crippen LogP contribution is -2.43. The van der Waals surface area contributed by atoms with Crippen LogP contribution >= 0.6 is 0 Å². The number of anilines is 1. The summed E-state index contributed by atoms with van der Waals surface area (Å²) >= 11 is 0. The first kappa shape index (κ1) is 12.8. The number of methoxy groups -OCH3 is 2. The molecule has 0 saturated carbocycles. The van der Waals surface area contributed by atoms with E-state index in [2.05, 4.69) is 5.32 Å². The highest BCUT2D eigenvalue weighted by molar-refractivity contribution is 5.48. The number of rotatable bonds is 6. The van der Waals surface area contributed by atoms with Crippen LogP contribution in [0.5, 0.6) is 5.75 Å². The van der Waals surface area contributed by atoms with Gasteiger partial charge < -0.3 is 19.9 Å². The minimum Gasteiger partial charge on any atom is -0.497 e. The van der Waals surface area contributed by atoms with Gasteiger partial charge in [0.05, 0.1) is 25.9 Å². The standard InChI is InChI=1S/C12H19NO3/c1-12(8-14,9-15-2)13-10-4-6-11(16-3)7-5-10/h4-7,13-14H,8-9H2,1-3H3. The largest absolute Gasteiger partial charge is 0.497 e. The zero-order valence-electron chi connectivity index (χ0n) is 9.99. The van der Waals surface area contributed by atoms with Crippen LogP contribution in [0, 0.1) is 0 Å². The molecule has 4 nitrogen and oxygen atoms in total. The smallest absolute Gasteiger partial charge is 0.119 e. The molecular formula is C12H19NO3. The average molecular weight is 225 g/mol. The topological polar surface area (TPSA) is 50.7 Å². The highest BCUT2D eigenvalue weighted by Gasteiger charge is 2.22. The van der Waals surface area contributed by atoms with Crippen molar-refractivity contribution in [1.29, 1.82) is 0 Å². The van der Waals surface area contributed by atoms with Crippen LogP contribution in [0.2, 0.25) is 0 Å². The van der Waals surface area contributed by atoms with Gasteiger partial charge in [0, 0.05) is 12.8 Å². The number of benzene rings is 1. The SMILES string of the molecule is COCC(C)(CO)Nc1ccc(OC)cc1. The lowest BCUT2D eigenvalue weighted by atomic mass is 10.0. The van der Waals surface area contributed by atoms with Crippen molar-refractivity contribution < 1.29 is 14.6 Å². The molecule has 0 bridgehead atoms. The van der Waals surface area contributed by atoms with E-state index in [0.717, 1.165) is 11.4 Å². The van der Waals surface area contributed by atoms with Gasteiger partial charge in [0.15, 0.2) is 0 Å². The minimum absolute atomic E-state index is 0.00681. The van der Waals surface area contributed by atoms with Crippen LogP contribution in [-0.4, -0.2) is 38.1 Å². The van der Waals surface area contributed by atoms with Crippen molar-refractivity contribution in [2.45, 2.75) is 12.5 Å². The van der Waals surface area contributed by atoms with Gasteiger partial charge in [-0.2, -0.15) is 0 Å². The van der Waals surface area contributed by atoms with Crippen molar-refractivity contribution in [2.75, 3.05) is 32.8 Å². The molecule has 4 heteroatoms. The molecule has 1 rings (SSSR count). The molecule has 1 unspecified atom stereocenters. The third-order valence-corrected chi connectivity index (χ3v) is 2.35. The fourth-order valence-electron chi connectivity index (χ4n) is 1.46. The summed E-state index contributed by atoms with van der Waals surface area (Å²) in [7, 11) is 3.24. The van der Waals surface area contributed by atoms with Gasteiger partial charge in [-0.05, 0) is 31.2 Å². The highest BCUT2D eigenvalue weighted by atomic mass is 16.5. The summed E-state index contributed by atoms with van der Waals surface area (Å²) in [6, 6.07) is 7.55. The number of aliphatic hydroxyl groups is 1. The van der Waals surface area contributed by atoms with Crippen LogP contribution in [0.15, 0.2) is 24.3 Å². The Morgan fingerprint density at radius 3 is 2.31 bits per heavy atom. The summed E-state index contributed by atoms with van der Waals surface area (Å²) in [6.07, 6.45) is 0. The molecule has 2 N–H and O–H groups in total. The van der Waals surface area contributed by atoms with Gasteiger partial charge in [0.1, 0.15) is 5.75 Å². The molecule has 0 aromatic heterocycles. The molecule has 1 aromatic carbocycles. The van der Waals surface area contributed by atoms with Crippen LogP contribution < -0.4 is 10.1 Å². The Hall–Kier alpha value is -1.26. The molecule has 1 aromatic rings. The van der Waals surface area contributed by atoms with Gasteiger partial charge in [-0.25, -0.2) is 0 Å². The number of hydrogen-bond acceptors (Lipinski definition) is 4. The van der Waals surface area contributed by atoms with Crippen molar-refractivity contribution in [3.63, 3.8) is 0 Å². The van der Waals surface area contributed by atoms with Gasteiger partial charge in [0.2, 0.25) is 0 Å². The lowest BCUT2D eigenvalue weighted by molar-refractivity contribution is 0.108. The second-order valence-electron chi connectivity index (χ2n) is 4.01. The molecule has 0 radical (unpaired) electrons. The predicted octanol–water partition coefficient (Wildman–Crippen LogP) is 1.50. The van der Waals surface area contributed by atoms with Crippen molar-refractivity contribution >= 4 is 5.69 Å². The molecular weight excluding hydrogens is 206 g/mol. The Kier molecular flexibility index (Phi) is 4.58. The van der Waals surface area contributed by atoms with E-state index in [-0.39, 0.29) is 6.61 Å². The van der Waals surface area contributed by atoms with Crippen molar-refractivity contribution in [2.24, 2.45) is 0 Å². The minimum atomic E-state index is -0.469. The van der Waals surface area contributed by atoms with E-state index in [1.54, 1.807) is 14.2 Å². The molecule has 0 heterocycles. The van der Waals surface area contributed by atoms with E-state index in [9.17, 15) is 5.11 Å². The monoisotopic (exact) mass is 225 g/mol. The summed E-state index contributed by atoms with van der Waals surface area (Å²) in [4.78, 5) is 0. The van der Waals surface area contributed by atoms with E-state index >= 15 is 0 Å². The molecule has 16 heavy (non-hydrogen) atoms. The molecule has 0 aliphatic carbocycles. The first-order chi connectivity index (χ1) is 7.63. The van der Waals surface area contributed by atoms with Crippen molar-refractivity contribution in [3.05, 3.63) is 24.3 Å².